The maximum absolute atomic E-state index is 13.6. The number of aromatic nitrogens is 1. The van der Waals surface area contributed by atoms with Crippen molar-refractivity contribution in [3.63, 3.8) is 0 Å². The van der Waals surface area contributed by atoms with Crippen molar-refractivity contribution >= 4 is 22.5 Å². The van der Waals surface area contributed by atoms with Crippen molar-refractivity contribution in [3.8, 4) is 0 Å². The molecule has 0 fully saturated rings. The molecule has 0 bridgehead atoms. The third kappa shape index (κ3) is 1.65. The first-order valence-corrected chi connectivity index (χ1v) is 5.36. The summed E-state index contributed by atoms with van der Waals surface area (Å²) in [5, 5.41) is 0.511. The van der Waals surface area contributed by atoms with Crippen LogP contribution in [0.15, 0.2) is 12.1 Å². The molecule has 0 aliphatic carbocycles. The molecule has 0 N–H and O–H groups in total. The fraction of sp³-hybridized carbons (Fsp3) is 0.250. The predicted molar refractivity (Wildman–Crippen MR) is 60.8 cm³/mol. The third-order valence-corrected chi connectivity index (χ3v) is 3.08. The van der Waals surface area contributed by atoms with Crippen molar-refractivity contribution in [2.75, 3.05) is 0 Å². The van der Waals surface area contributed by atoms with E-state index in [2.05, 4.69) is 4.98 Å². The molecule has 0 radical (unpaired) electrons. The summed E-state index contributed by atoms with van der Waals surface area (Å²) < 4.78 is 26.6. The molecule has 0 unspecified atom stereocenters. The maximum atomic E-state index is 13.6. The van der Waals surface area contributed by atoms with Gasteiger partial charge in [0.2, 0.25) is 0 Å². The van der Waals surface area contributed by atoms with Gasteiger partial charge in [-0.3, -0.25) is 4.98 Å². The molecule has 0 aliphatic heterocycles. The number of hydrogen-bond acceptors (Lipinski definition) is 1. The zero-order valence-corrected chi connectivity index (χ0v) is 9.70. The van der Waals surface area contributed by atoms with Crippen LogP contribution in [-0.4, -0.2) is 4.98 Å². The van der Waals surface area contributed by atoms with E-state index in [-0.39, 0.29) is 10.9 Å². The van der Waals surface area contributed by atoms with Crippen LogP contribution in [0.3, 0.4) is 0 Å². The Labute approximate surface area is 97.1 Å². The number of fused-ring (bicyclic) bond motifs is 1. The predicted octanol–water partition coefficient (Wildman–Crippen LogP) is 4.04. The van der Waals surface area contributed by atoms with Crippen LogP contribution in [0.1, 0.15) is 18.2 Å². The second kappa shape index (κ2) is 3.98. The van der Waals surface area contributed by atoms with Crippen molar-refractivity contribution in [1.29, 1.82) is 0 Å². The van der Waals surface area contributed by atoms with Gasteiger partial charge in [-0.15, -0.1) is 0 Å². The summed E-state index contributed by atoms with van der Waals surface area (Å²) >= 11 is 6.07. The number of benzene rings is 1. The molecule has 1 aromatic heterocycles. The van der Waals surface area contributed by atoms with Gasteiger partial charge in [-0.05, 0) is 18.9 Å². The smallest absolute Gasteiger partial charge is 0.137 e. The lowest BCUT2D eigenvalue weighted by Gasteiger charge is -2.09. The minimum Gasteiger partial charge on any atom is -0.252 e. The highest BCUT2D eigenvalue weighted by Crippen LogP contribution is 2.30. The average molecular weight is 242 g/mol. The van der Waals surface area contributed by atoms with Gasteiger partial charge in [-0.1, -0.05) is 18.5 Å². The highest BCUT2D eigenvalue weighted by atomic mass is 35.5. The molecule has 2 aromatic rings. The van der Waals surface area contributed by atoms with Gasteiger partial charge in [0.15, 0.2) is 0 Å². The van der Waals surface area contributed by atoms with Gasteiger partial charge in [0.1, 0.15) is 11.6 Å². The van der Waals surface area contributed by atoms with E-state index in [1.807, 2.05) is 6.92 Å². The Kier molecular flexibility index (Phi) is 2.80. The molecule has 0 amide bonds. The minimum atomic E-state index is -0.668. The van der Waals surface area contributed by atoms with E-state index in [4.69, 9.17) is 11.6 Å². The Hall–Kier alpha value is -1.22. The van der Waals surface area contributed by atoms with Crippen molar-refractivity contribution in [1.82, 2.24) is 4.98 Å². The number of pyridine rings is 1. The first-order chi connectivity index (χ1) is 7.54. The zero-order valence-electron chi connectivity index (χ0n) is 8.94. The van der Waals surface area contributed by atoms with Crippen LogP contribution in [-0.2, 0) is 6.42 Å². The largest absolute Gasteiger partial charge is 0.252 e. The molecule has 0 saturated carbocycles. The van der Waals surface area contributed by atoms with Crippen LogP contribution in [0.5, 0.6) is 0 Å². The second-order valence-corrected chi connectivity index (χ2v) is 4.01. The molecule has 1 nitrogen and oxygen atoms in total. The Balaban J connectivity index is 2.92. The van der Waals surface area contributed by atoms with Crippen molar-refractivity contribution in [2.45, 2.75) is 20.3 Å². The molecule has 0 saturated heterocycles. The Morgan fingerprint density at radius 1 is 1.31 bits per heavy atom. The van der Waals surface area contributed by atoms with Gasteiger partial charge in [-0.25, -0.2) is 8.78 Å². The topological polar surface area (TPSA) is 12.9 Å². The van der Waals surface area contributed by atoms with E-state index in [9.17, 15) is 8.78 Å². The molecular weight excluding hydrogens is 232 g/mol. The van der Waals surface area contributed by atoms with E-state index < -0.39 is 11.6 Å². The molecule has 4 heteroatoms. The summed E-state index contributed by atoms with van der Waals surface area (Å²) in [5.41, 5.74) is 1.79. The molecule has 0 aliphatic rings. The summed E-state index contributed by atoms with van der Waals surface area (Å²) in [6, 6.07) is 2.02. The summed E-state index contributed by atoms with van der Waals surface area (Å²) in [4.78, 5) is 4.21. The van der Waals surface area contributed by atoms with Gasteiger partial charge < -0.3 is 0 Å². The van der Waals surface area contributed by atoms with Crippen molar-refractivity contribution in [3.05, 3.63) is 40.0 Å². The highest BCUT2D eigenvalue weighted by molar-refractivity contribution is 6.36. The SMILES string of the molecule is CCc1nc2cc(F)cc(F)c2c(Cl)c1C. The molecular formula is C12H10ClF2N. The Morgan fingerprint density at radius 2 is 2.00 bits per heavy atom. The maximum Gasteiger partial charge on any atom is 0.137 e. The van der Waals surface area contributed by atoms with Crippen LogP contribution in [0.25, 0.3) is 10.9 Å². The third-order valence-electron chi connectivity index (χ3n) is 2.61. The fourth-order valence-corrected chi connectivity index (χ4v) is 2.05. The van der Waals surface area contributed by atoms with Crippen LogP contribution in [0, 0.1) is 18.6 Å². The zero-order chi connectivity index (χ0) is 11.9. The lowest BCUT2D eigenvalue weighted by molar-refractivity contribution is 0.591. The summed E-state index contributed by atoms with van der Waals surface area (Å²) in [5.74, 6) is -1.31. The number of hydrogen-bond donors (Lipinski definition) is 0. The highest BCUT2D eigenvalue weighted by Gasteiger charge is 2.13. The van der Waals surface area contributed by atoms with Crippen LogP contribution in [0.2, 0.25) is 5.02 Å². The van der Waals surface area contributed by atoms with Gasteiger partial charge in [0.25, 0.3) is 0 Å². The number of aryl methyl sites for hydroxylation is 1. The molecule has 1 heterocycles. The first kappa shape index (κ1) is 11.3. The van der Waals surface area contributed by atoms with E-state index >= 15 is 0 Å². The van der Waals surface area contributed by atoms with Gasteiger partial charge in [-0.2, -0.15) is 0 Å². The molecule has 16 heavy (non-hydrogen) atoms. The summed E-state index contributed by atoms with van der Waals surface area (Å²) in [7, 11) is 0. The standard InChI is InChI=1S/C12H10ClF2N/c1-3-9-6(2)12(13)11-8(15)4-7(14)5-10(11)16-9/h4-5H,3H2,1-2H3. The molecule has 84 valence electrons. The normalized spacial score (nSPS) is 11.1. The lowest BCUT2D eigenvalue weighted by Crippen LogP contribution is -1.97. The van der Waals surface area contributed by atoms with E-state index in [0.29, 0.717) is 11.4 Å². The quantitative estimate of drug-likeness (QED) is 0.734. The fourth-order valence-electron chi connectivity index (χ4n) is 1.75. The number of rotatable bonds is 1. The van der Waals surface area contributed by atoms with Gasteiger partial charge in [0, 0.05) is 17.8 Å². The lowest BCUT2D eigenvalue weighted by atomic mass is 10.1. The first-order valence-electron chi connectivity index (χ1n) is 4.98. The molecule has 1 aromatic carbocycles. The van der Waals surface area contributed by atoms with Crippen molar-refractivity contribution < 1.29 is 8.78 Å². The molecule has 0 spiro atoms. The van der Waals surface area contributed by atoms with Crippen LogP contribution >= 0.6 is 11.6 Å². The van der Waals surface area contributed by atoms with Crippen LogP contribution < -0.4 is 0 Å². The van der Waals surface area contributed by atoms with Crippen LogP contribution in [0.4, 0.5) is 8.78 Å². The van der Waals surface area contributed by atoms with E-state index in [0.717, 1.165) is 17.3 Å². The van der Waals surface area contributed by atoms with Crippen molar-refractivity contribution in [2.24, 2.45) is 0 Å². The average Bonchev–Trinajstić information content (AvgIpc) is 2.22. The molecule has 2 rings (SSSR count). The number of halogens is 3. The second-order valence-electron chi connectivity index (χ2n) is 3.63. The Bertz CT molecular complexity index is 567. The Morgan fingerprint density at radius 3 is 2.62 bits per heavy atom. The van der Waals surface area contributed by atoms with E-state index in [1.54, 1.807) is 6.92 Å². The summed E-state index contributed by atoms with van der Waals surface area (Å²) in [6.07, 6.45) is 0.680. The molecule has 0 atom stereocenters. The summed E-state index contributed by atoms with van der Waals surface area (Å²) in [6.45, 7) is 3.71. The number of nitrogens with zero attached hydrogens (tertiary/aromatic N) is 1. The monoisotopic (exact) mass is 241 g/mol. The van der Waals surface area contributed by atoms with Gasteiger partial charge >= 0.3 is 0 Å². The minimum absolute atomic E-state index is 0.192. The van der Waals surface area contributed by atoms with E-state index in [1.165, 1.54) is 6.07 Å². The van der Waals surface area contributed by atoms with Gasteiger partial charge in [0.05, 0.1) is 15.9 Å².